The number of hydrogen-bond donors (Lipinski definition) is 1. The maximum Gasteiger partial charge on any atom is 0.362 e. The van der Waals surface area contributed by atoms with Gasteiger partial charge in [0, 0.05) is 15.4 Å². The van der Waals surface area contributed by atoms with Crippen LogP contribution in [0.5, 0.6) is 0 Å². The fourth-order valence-corrected chi connectivity index (χ4v) is 3.01. The minimum absolute atomic E-state index is 0.0392. The van der Waals surface area contributed by atoms with Gasteiger partial charge in [-0.2, -0.15) is 0 Å². The van der Waals surface area contributed by atoms with Crippen LogP contribution in [-0.4, -0.2) is 28.4 Å². The number of carbonyl (C=O) groups is 1. The van der Waals surface area contributed by atoms with Gasteiger partial charge in [-0.25, -0.2) is 4.79 Å². The van der Waals surface area contributed by atoms with Crippen LogP contribution in [0.1, 0.15) is 6.92 Å². The van der Waals surface area contributed by atoms with E-state index < -0.39 is 16.6 Å². The molecular formula is C18H16BrN3O5S. The second kappa shape index (κ2) is 10.6. The number of nitro groups is 1. The molecule has 0 saturated carbocycles. The van der Waals surface area contributed by atoms with Crippen LogP contribution in [0.2, 0.25) is 0 Å². The molecule has 2 rings (SSSR count). The number of rotatable bonds is 8. The summed E-state index contributed by atoms with van der Waals surface area (Å²) in [5.74, 6) is -1.15. The van der Waals surface area contributed by atoms with E-state index in [9.17, 15) is 20.0 Å². The second-order valence-corrected chi connectivity index (χ2v) is 7.17. The van der Waals surface area contributed by atoms with Crippen molar-refractivity contribution in [2.45, 2.75) is 11.8 Å². The molecule has 0 aliphatic heterocycles. The van der Waals surface area contributed by atoms with Crippen LogP contribution in [0.3, 0.4) is 0 Å². The van der Waals surface area contributed by atoms with Gasteiger partial charge in [0.2, 0.25) is 5.70 Å². The summed E-state index contributed by atoms with van der Waals surface area (Å²) >= 11 is 4.62. The first kappa shape index (κ1) is 21.6. The summed E-state index contributed by atoms with van der Waals surface area (Å²) in [5, 5.41) is 28.9. The van der Waals surface area contributed by atoms with Crippen LogP contribution in [0.25, 0.3) is 0 Å². The molecule has 0 atom stereocenters. The Bertz CT molecular complexity index is 916. The number of nitro benzene ring substituents is 1. The molecule has 28 heavy (non-hydrogen) atoms. The highest BCUT2D eigenvalue weighted by atomic mass is 79.9. The van der Waals surface area contributed by atoms with Crippen molar-refractivity contribution >= 4 is 45.0 Å². The lowest BCUT2D eigenvalue weighted by molar-refractivity contribution is -0.384. The van der Waals surface area contributed by atoms with Gasteiger partial charge in [0.1, 0.15) is 5.76 Å². The van der Waals surface area contributed by atoms with E-state index in [1.165, 1.54) is 30.0 Å². The second-order valence-electron chi connectivity index (χ2n) is 5.20. The topological polar surface area (TPSA) is 114 Å². The maximum atomic E-state index is 12.1. The highest BCUT2D eigenvalue weighted by Crippen LogP contribution is 2.28. The lowest BCUT2D eigenvalue weighted by Crippen LogP contribution is -2.09. The van der Waals surface area contributed by atoms with Crippen LogP contribution in [-0.2, 0) is 9.53 Å². The van der Waals surface area contributed by atoms with Crippen molar-refractivity contribution in [2.24, 2.45) is 10.2 Å². The number of halogens is 1. The predicted molar refractivity (Wildman–Crippen MR) is 109 cm³/mol. The third-order valence-corrected chi connectivity index (χ3v) is 4.82. The molecule has 2 aromatic rings. The number of aliphatic hydroxyl groups is 1. The summed E-state index contributed by atoms with van der Waals surface area (Å²) in [5.41, 5.74) is -0.703. The van der Waals surface area contributed by atoms with Gasteiger partial charge in [-0.1, -0.05) is 28.1 Å². The van der Waals surface area contributed by atoms with Crippen molar-refractivity contribution in [1.82, 2.24) is 0 Å². The number of carbonyl (C=O) groups excluding carboxylic acids is 1. The van der Waals surface area contributed by atoms with Crippen molar-refractivity contribution in [1.29, 1.82) is 0 Å². The number of ether oxygens (including phenoxy) is 1. The van der Waals surface area contributed by atoms with Gasteiger partial charge in [0.15, 0.2) is 5.69 Å². The number of aliphatic hydroxyl groups excluding tert-OH is 1. The summed E-state index contributed by atoms with van der Waals surface area (Å²) in [4.78, 5) is 23.5. The SMILES string of the molecule is CCOC(=O)C(N=Nc1ccccc1[N+](=O)[O-])=C(O)CSc1ccc(Br)cc1. The number of para-hydroxylation sites is 1. The maximum absolute atomic E-state index is 12.1. The molecule has 8 nitrogen and oxygen atoms in total. The van der Waals surface area contributed by atoms with E-state index in [0.717, 1.165) is 9.37 Å². The molecule has 0 saturated heterocycles. The molecule has 0 spiro atoms. The fourth-order valence-electron chi connectivity index (χ4n) is 1.97. The van der Waals surface area contributed by atoms with Gasteiger partial charge in [0.25, 0.3) is 5.69 Å². The van der Waals surface area contributed by atoms with E-state index in [1.54, 1.807) is 13.0 Å². The lowest BCUT2D eigenvalue weighted by atomic mass is 10.3. The molecule has 0 fully saturated rings. The minimum atomic E-state index is -0.862. The Morgan fingerprint density at radius 1 is 1.25 bits per heavy atom. The Hall–Kier alpha value is -2.72. The van der Waals surface area contributed by atoms with Gasteiger partial charge in [0.05, 0.1) is 17.3 Å². The van der Waals surface area contributed by atoms with E-state index in [0.29, 0.717) is 0 Å². The molecule has 0 radical (unpaired) electrons. The van der Waals surface area contributed by atoms with E-state index in [-0.39, 0.29) is 29.5 Å². The normalized spacial score (nSPS) is 11.9. The Morgan fingerprint density at radius 2 is 1.93 bits per heavy atom. The largest absolute Gasteiger partial charge is 0.509 e. The smallest absolute Gasteiger partial charge is 0.362 e. The average Bonchev–Trinajstić information content (AvgIpc) is 2.68. The molecule has 1 N–H and O–H groups in total. The number of nitrogens with zero attached hydrogens (tertiary/aromatic N) is 3. The van der Waals surface area contributed by atoms with Crippen molar-refractivity contribution < 1.29 is 19.6 Å². The van der Waals surface area contributed by atoms with E-state index in [1.807, 2.05) is 24.3 Å². The van der Waals surface area contributed by atoms with Gasteiger partial charge < -0.3 is 9.84 Å². The van der Waals surface area contributed by atoms with Crippen molar-refractivity contribution in [2.75, 3.05) is 12.4 Å². The van der Waals surface area contributed by atoms with Gasteiger partial charge >= 0.3 is 5.97 Å². The third kappa shape index (κ3) is 6.17. The standard InChI is InChI=1S/C18H16BrN3O5S/c1-2-27-18(24)17(16(23)11-28-13-9-7-12(19)8-10-13)21-20-14-5-3-4-6-15(14)22(25)26/h3-10,23H,2,11H2,1H3. The number of hydrogen-bond acceptors (Lipinski definition) is 8. The Labute approximate surface area is 173 Å². The first-order chi connectivity index (χ1) is 13.4. The molecule has 0 aliphatic rings. The van der Waals surface area contributed by atoms with Gasteiger partial charge in [-0.3, -0.25) is 10.1 Å². The molecule has 0 aromatic heterocycles. The Balaban J connectivity index is 2.27. The van der Waals surface area contributed by atoms with E-state index in [2.05, 4.69) is 26.2 Å². The van der Waals surface area contributed by atoms with Gasteiger partial charge in [-0.05, 0) is 37.3 Å². The number of esters is 1. The first-order valence-electron chi connectivity index (χ1n) is 8.05. The zero-order chi connectivity index (χ0) is 20.5. The molecule has 2 aromatic carbocycles. The van der Waals surface area contributed by atoms with Crippen molar-refractivity contribution in [3.05, 3.63) is 74.6 Å². The predicted octanol–water partition coefficient (Wildman–Crippen LogP) is 5.57. The number of azo groups is 1. The molecular weight excluding hydrogens is 450 g/mol. The molecule has 0 heterocycles. The van der Waals surface area contributed by atoms with Crippen LogP contribution in [0, 0.1) is 10.1 Å². The quantitative estimate of drug-likeness (QED) is 0.104. The summed E-state index contributed by atoms with van der Waals surface area (Å²) in [6.45, 7) is 1.69. The summed E-state index contributed by atoms with van der Waals surface area (Å²) in [7, 11) is 0. The van der Waals surface area contributed by atoms with E-state index in [4.69, 9.17) is 4.74 Å². The van der Waals surface area contributed by atoms with Crippen LogP contribution in [0.15, 0.2) is 79.6 Å². The zero-order valence-corrected chi connectivity index (χ0v) is 17.1. The number of benzene rings is 2. The van der Waals surface area contributed by atoms with Crippen molar-refractivity contribution in [3.8, 4) is 0 Å². The molecule has 0 bridgehead atoms. The molecule has 0 amide bonds. The Kier molecular flexibility index (Phi) is 8.15. The fraction of sp³-hybridized carbons (Fsp3) is 0.167. The van der Waals surface area contributed by atoms with E-state index >= 15 is 0 Å². The molecule has 10 heteroatoms. The monoisotopic (exact) mass is 465 g/mol. The van der Waals surface area contributed by atoms with Gasteiger partial charge in [-0.15, -0.1) is 22.0 Å². The highest BCUT2D eigenvalue weighted by molar-refractivity contribution is 9.10. The lowest BCUT2D eigenvalue weighted by Gasteiger charge is -2.06. The first-order valence-corrected chi connectivity index (χ1v) is 9.83. The average molecular weight is 466 g/mol. The summed E-state index contributed by atoms with van der Waals surface area (Å²) in [6, 6.07) is 13.1. The van der Waals surface area contributed by atoms with Crippen LogP contribution in [0.4, 0.5) is 11.4 Å². The molecule has 0 aliphatic carbocycles. The summed E-state index contributed by atoms with van der Waals surface area (Å²) in [6.07, 6.45) is 0. The highest BCUT2D eigenvalue weighted by Gasteiger charge is 2.18. The summed E-state index contributed by atoms with van der Waals surface area (Å²) < 4.78 is 5.82. The van der Waals surface area contributed by atoms with Crippen molar-refractivity contribution in [3.63, 3.8) is 0 Å². The molecule has 146 valence electrons. The van der Waals surface area contributed by atoms with Crippen LogP contribution < -0.4 is 0 Å². The number of thioether (sulfide) groups is 1. The zero-order valence-electron chi connectivity index (χ0n) is 14.7. The Morgan fingerprint density at radius 3 is 2.57 bits per heavy atom. The third-order valence-electron chi connectivity index (χ3n) is 3.27. The minimum Gasteiger partial charge on any atom is -0.509 e. The molecule has 0 unspecified atom stereocenters. The van der Waals surface area contributed by atoms with Crippen LogP contribution >= 0.6 is 27.7 Å².